The molecule has 0 saturated carbocycles. The van der Waals surface area contributed by atoms with Crippen molar-refractivity contribution in [1.29, 1.82) is 0 Å². The summed E-state index contributed by atoms with van der Waals surface area (Å²) in [5.74, 6) is 0.974. The molecule has 0 atom stereocenters. The first kappa shape index (κ1) is 15.5. The van der Waals surface area contributed by atoms with Gasteiger partial charge in [-0.05, 0) is 49.4 Å². The Kier molecular flexibility index (Phi) is 4.42. The molecule has 122 valence electrons. The summed E-state index contributed by atoms with van der Waals surface area (Å²) in [5.41, 5.74) is 4.89. The maximum Gasteiger partial charge on any atom is 0.289 e. The highest BCUT2D eigenvalue weighted by Crippen LogP contribution is 2.21. The molecule has 1 amide bonds. The first-order valence-electron chi connectivity index (χ1n) is 7.25. The third-order valence-electron chi connectivity index (χ3n) is 3.41. The quantitative estimate of drug-likeness (QED) is 0.557. The second-order valence-electron chi connectivity index (χ2n) is 5.01. The number of aromatic nitrogens is 2. The lowest BCUT2D eigenvalue weighted by Crippen LogP contribution is -2.19. The van der Waals surface area contributed by atoms with Crippen molar-refractivity contribution >= 4 is 11.6 Å². The standard InChI is InChI=1S/C17H16N4O3/c1-11(16-4-3-9-24-16)18-21-17(22)15-10-14(19-20-15)12-5-7-13(23-2)8-6-12/h3-10H,1-2H3,(H,19,20)(H,21,22)/b18-11+. The van der Waals surface area contributed by atoms with E-state index < -0.39 is 0 Å². The predicted molar refractivity (Wildman–Crippen MR) is 89.0 cm³/mol. The number of aromatic amines is 1. The van der Waals surface area contributed by atoms with Crippen LogP contribution in [0.5, 0.6) is 5.75 Å². The largest absolute Gasteiger partial charge is 0.497 e. The Balaban J connectivity index is 1.70. The van der Waals surface area contributed by atoms with Crippen LogP contribution in [-0.2, 0) is 0 Å². The van der Waals surface area contributed by atoms with Crippen molar-refractivity contribution in [2.45, 2.75) is 6.92 Å². The summed E-state index contributed by atoms with van der Waals surface area (Å²) < 4.78 is 10.3. The number of hydrogen-bond acceptors (Lipinski definition) is 5. The molecule has 0 radical (unpaired) electrons. The molecule has 0 aliphatic carbocycles. The fourth-order valence-electron chi connectivity index (χ4n) is 2.08. The average Bonchev–Trinajstić information content (AvgIpc) is 3.31. The number of nitrogens with zero attached hydrogens (tertiary/aromatic N) is 2. The molecular weight excluding hydrogens is 308 g/mol. The molecule has 0 fully saturated rings. The van der Waals surface area contributed by atoms with Crippen molar-refractivity contribution in [1.82, 2.24) is 15.6 Å². The van der Waals surface area contributed by atoms with Crippen LogP contribution in [0.15, 0.2) is 58.2 Å². The van der Waals surface area contributed by atoms with Gasteiger partial charge < -0.3 is 9.15 Å². The summed E-state index contributed by atoms with van der Waals surface area (Å²) in [6.07, 6.45) is 1.55. The minimum Gasteiger partial charge on any atom is -0.497 e. The van der Waals surface area contributed by atoms with Gasteiger partial charge in [0.2, 0.25) is 0 Å². The van der Waals surface area contributed by atoms with E-state index in [1.165, 1.54) is 0 Å². The zero-order chi connectivity index (χ0) is 16.9. The summed E-state index contributed by atoms with van der Waals surface area (Å²) in [6.45, 7) is 1.74. The van der Waals surface area contributed by atoms with Crippen molar-refractivity contribution in [3.05, 3.63) is 60.2 Å². The third-order valence-corrected chi connectivity index (χ3v) is 3.41. The van der Waals surface area contributed by atoms with Gasteiger partial charge >= 0.3 is 0 Å². The maximum absolute atomic E-state index is 12.1. The minimum atomic E-state index is -0.381. The molecule has 7 heteroatoms. The first-order chi connectivity index (χ1) is 11.7. The zero-order valence-electron chi connectivity index (χ0n) is 13.2. The highest BCUT2D eigenvalue weighted by atomic mass is 16.5. The van der Waals surface area contributed by atoms with Gasteiger partial charge in [-0.25, -0.2) is 5.43 Å². The van der Waals surface area contributed by atoms with Crippen molar-refractivity contribution in [3.8, 4) is 17.0 Å². The number of methoxy groups -OCH3 is 1. The van der Waals surface area contributed by atoms with E-state index in [9.17, 15) is 4.79 Å². The number of rotatable bonds is 5. The Labute approximate surface area is 138 Å². The minimum absolute atomic E-state index is 0.316. The number of carbonyl (C=O) groups is 1. The smallest absolute Gasteiger partial charge is 0.289 e. The van der Waals surface area contributed by atoms with E-state index >= 15 is 0 Å². The lowest BCUT2D eigenvalue weighted by atomic mass is 10.1. The summed E-state index contributed by atoms with van der Waals surface area (Å²) in [7, 11) is 1.61. The number of ether oxygens (including phenoxy) is 1. The van der Waals surface area contributed by atoms with Crippen LogP contribution >= 0.6 is 0 Å². The molecular formula is C17H16N4O3. The molecule has 3 aromatic rings. The Morgan fingerprint density at radius 1 is 1.29 bits per heavy atom. The molecule has 7 nitrogen and oxygen atoms in total. The number of nitrogens with one attached hydrogen (secondary N) is 2. The number of hydrazone groups is 1. The second-order valence-corrected chi connectivity index (χ2v) is 5.01. The van der Waals surface area contributed by atoms with Crippen LogP contribution < -0.4 is 10.2 Å². The van der Waals surface area contributed by atoms with E-state index in [0.29, 0.717) is 22.9 Å². The van der Waals surface area contributed by atoms with Gasteiger partial charge in [-0.15, -0.1) is 0 Å². The van der Waals surface area contributed by atoms with Gasteiger partial charge in [-0.3, -0.25) is 9.89 Å². The highest BCUT2D eigenvalue weighted by molar-refractivity contribution is 5.98. The Morgan fingerprint density at radius 3 is 2.75 bits per heavy atom. The normalized spacial score (nSPS) is 11.3. The van der Waals surface area contributed by atoms with Gasteiger partial charge in [-0.2, -0.15) is 10.2 Å². The summed E-state index contributed by atoms with van der Waals surface area (Å²) >= 11 is 0. The number of H-pyrrole nitrogens is 1. The molecule has 0 aliphatic heterocycles. The zero-order valence-corrected chi connectivity index (χ0v) is 13.2. The number of amides is 1. The van der Waals surface area contributed by atoms with Gasteiger partial charge in [0.1, 0.15) is 22.9 Å². The Hall–Kier alpha value is -3.35. The van der Waals surface area contributed by atoms with Crippen molar-refractivity contribution < 1.29 is 13.9 Å². The Bertz CT molecular complexity index is 848. The molecule has 3 rings (SSSR count). The van der Waals surface area contributed by atoms with E-state index in [1.54, 1.807) is 38.5 Å². The lowest BCUT2D eigenvalue weighted by Gasteiger charge is -2.00. The topological polar surface area (TPSA) is 92.5 Å². The molecule has 2 aromatic heterocycles. The van der Waals surface area contributed by atoms with Gasteiger partial charge in [0, 0.05) is 5.56 Å². The van der Waals surface area contributed by atoms with E-state index in [4.69, 9.17) is 9.15 Å². The first-order valence-corrected chi connectivity index (χ1v) is 7.25. The fourth-order valence-corrected chi connectivity index (χ4v) is 2.08. The third kappa shape index (κ3) is 3.35. The van der Waals surface area contributed by atoms with Crippen LogP contribution in [0.2, 0.25) is 0 Å². The summed E-state index contributed by atoms with van der Waals surface area (Å²) in [6, 6.07) is 12.6. The van der Waals surface area contributed by atoms with E-state index in [0.717, 1.165) is 11.3 Å². The van der Waals surface area contributed by atoms with Crippen molar-refractivity contribution in [2.24, 2.45) is 5.10 Å². The van der Waals surface area contributed by atoms with Gasteiger partial charge in [0.05, 0.1) is 19.1 Å². The van der Waals surface area contributed by atoms with Crippen LogP contribution in [0.25, 0.3) is 11.3 Å². The summed E-state index contributed by atoms with van der Waals surface area (Å²) in [4.78, 5) is 12.1. The molecule has 0 saturated heterocycles. The molecule has 1 aromatic carbocycles. The Morgan fingerprint density at radius 2 is 2.08 bits per heavy atom. The number of carbonyl (C=O) groups excluding carboxylic acids is 1. The van der Waals surface area contributed by atoms with Crippen LogP contribution in [0.4, 0.5) is 0 Å². The maximum atomic E-state index is 12.1. The van der Waals surface area contributed by atoms with Crippen LogP contribution in [-0.4, -0.2) is 28.9 Å². The van der Waals surface area contributed by atoms with Crippen LogP contribution in [0, 0.1) is 0 Å². The predicted octanol–water partition coefficient (Wildman–Crippen LogP) is 2.83. The second kappa shape index (κ2) is 6.82. The van der Waals surface area contributed by atoms with E-state index in [2.05, 4.69) is 20.7 Å². The molecule has 2 heterocycles. The summed E-state index contributed by atoms with van der Waals surface area (Å²) in [5, 5.41) is 10.9. The van der Waals surface area contributed by atoms with Crippen LogP contribution in [0.1, 0.15) is 23.2 Å². The monoisotopic (exact) mass is 324 g/mol. The van der Waals surface area contributed by atoms with Crippen molar-refractivity contribution in [3.63, 3.8) is 0 Å². The highest BCUT2D eigenvalue weighted by Gasteiger charge is 2.11. The fraction of sp³-hybridized carbons (Fsp3) is 0.118. The number of furan rings is 1. The number of benzene rings is 1. The van der Waals surface area contributed by atoms with Gasteiger partial charge in [0.15, 0.2) is 0 Å². The number of hydrogen-bond donors (Lipinski definition) is 2. The SMILES string of the molecule is COc1ccc(-c2cc(C(=O)N/N=C(\C)c3ccco3)[nH]n2)cc1. The van der Waals surface area contributed by atoms with Gasteiger partial charge in [0.25, 0.3) is 5.91 Å². The van der Waals surface area contributed by atoms with Crippen LogP contribution in [0.3, 0.4) is 0 Å². The molecule has 0 spiro atoms. The van der Waals surface area contributed by atoms with Gasteiger partial charge in [-0.1, -0.05) is 0 Å². The molecule has 0 bridgehead atoms. The molecule has 0 unspecified atom stereocenters. The van der Waals surface area contributed by atoms with E-state index in [-0.39, 0.29) is 5.91 Å². The lowest BCUT2D eigenvalue weighted by molar-refractivity contribution is 0.0950. The molecule has 24 heavy (non-hydrogen) atoms. The molecule has 0 aliphatic rings. The average molecular weight is 324 g/mol. The van der Waals surface area contributed by atoms with E-state index in [1.807, 2.05) is 24.3 Å². The van der Waals surface area contributed by atoms with Crippen molar-refractivity contribution in [2.75, 3.05) is 7.11 Å². The molecule has 2 N–H and O–H groups in total.